The fourth-order valence-corrected chi connectivity index (χ4v) is 2.25. The first kappa shape index (κ1) is 14.3. The molecule has 0 fully saturated rings. The van der Waals surface area contributed by atoms with Gasteiger partial charge in [0.25, 0.3) is 0 Å². The highest BCUT2D eigenvalue weighted by Crippen LogP contribution is 2.37. The lowest BCUT2D eigenvalue weighted by molar-refractivity contribution is -0.388. The van der Waals surface area contributed by atoms with Crippen molar-refractivity contribution in [2.75, 3.05) is 0 Å². The fourth-order valence-electron chi connectivity index (χ4n) is 1.92. The standard InChI is InChI=1S/C14H11ClFNO3/c1-8-6-10(15)7-9(2)14(8)20-12-5-3-4-11(16)13(12)17(18)19/h3-7H,1-2H3. The van der Waals surface area contributed by atoms with Crippen molar-refractivity contribution in [3.05, 3.63) is 62.4 Å². The summed E-state index contributed by atoms with van der Waals surface area (Å²) < 4.78 is 19.1. The number of aryl methyl sites for hydroxylation is 2. The first-order valence-electron chi connectivity index (χ1n) is 5.77. The van der Waals surface area contributed by atoms with Gasteiger partial charge in [0.15, 0.2) is 0 Å². The second-order valence-electron chi connectivity index (χ2n) is 4.31. The van der Waals surface area contributed by atoms with Gasteiger partial charge >= 0.3 is 5.69 Å². The molecule has 0 radical (unpaired) electrons. The van der Waals surface area contributed by atoms with Crippen LogP contribution in [0.25, 0.3) is 0 Å². The molecule has 0 aliphatic carbocycles. The van der Waals surface area contributed by atoms with Gasteiger partial charge in [0.1, 0.15) is 5.75 Å². The van der Waals surface area contributed by atoms with Crippen LogP contribution in [0.1, 0.15) is 11.1 Å². The van der Waals surface area contributed by atoms with Crippen LogP contribution in [0.15, 0.2) is 30.3 Å². The van der Waals surface area contributed by atoms with E-state index in [1.807, 2.05) is 0 Å². The highest BCUT2D eigenvalue weighted by molar-refractivity contribution is 6.30. The van der Waals surface area contributed by atoms with Crippen LogP contribution in [0.5, 0.6) is 11.5 Å². The Labute approximate surface area is 119 Å². The summed E-state index contributed by atoms with van der Waals surface area (Å²) in [5.74, 6) is -0.636. The third kappa shape index (κ3) is 2.72. The molecule has 6 heteroatoms. The fraction of sp³-hybridized carbons (Fsp3) is 0.143. The van der Waals surface area contributed by atoms with E-state index in [-0.39, 0.29) is 5.75 Å². The third-order valence-electron chi connectivity index (χ3n) is 2.77. The van der Waals surface area contributed by atoms with Crippen LogP contribution in [-0.2, 0) is 0 Å². The molecule has 0 saturated carbocycles. The van der Waals surface area contributed by atoms with Gasteiger partial charge in [-0.25, -0.2) is 0 Å². The molecule has 0 aliphatic rings. The summed E-state index contributed by atoms with van der Waals surface area (Å²) in [5.41, 5.74) is 0.753. The Kier molecular flexibility index (Phi) is 3.90. The molecule has 2 aromatic carbocycles. The molecule has 104 valence electrons. The Bertz CT molecular complexity index is 665. The summed E-state index contributed by atoms with van der Waals surface area (Å²) in [6.07, 6.45) is 0. The number of halogens is 2. The van der Waals surface area contributed by atoms with Crippen LogP contribution in [0.3, 0.4) is 0 Å². The maximum atomic E-state index is 13.5. The predicted octanol–water partition coefficient (Wildman–Crippen LogP) is 4.80. The molecular weight excluding hydrogens is 285 g/mol. The zero-order chi connectivity index (χ0) is 14.9. The van der Waals surface area contributed by atoms with E-state index in [2.05, 4.69) is 0 Å². The summed E-state index contributed by atoms with van der Waals surface area (Å²) in [7, 11) is 0. The van der Waals surface area contributed by atoms with Crippen molar-refractivity contribution in [1.29, 1.82) is 0 Å². The third-order valence-corrected chi connectivity index (χ3v) is 2.99. The van der Waals surface area contributed by atoms with Crippen LogP contribution < -0.4 is 4.74 Å². The maximum Gasteiger partial charge on any atom is 0.346 e. The van der Waals surface area contributed by atoms with Crippen molar-refractivity contribution in [2.45, 2.75) is 13.8 Å². The SMILES string of the molecule is Cc1cc(Cl)cc(C)c1Oc1cccc(F)c1[N+](=O)[O-]. The highest BCUT2D eigenvalue weighted by Gasteiger charge is 2.22. The van der Waals surface area contributed by atoms with Gasteiger partial charge in [-0.1, -0.05) is 17.7 Å². The van der Waals surface area contributed by atoms with Crippen LogP contribution in [0, 0.1) is 29.8 Å². The molecule has 2 aromatic rings. The molecule has 0 heterocycles. The molecule has 0 unspecified atom stereocenters. The van der Waals surface area contributed by atoms with E-state index in [0.29, 0.717) is 21.9 Å². The number of benzene rings is 2. The second-order valence-corrected chi connectivity index (χ2v) is 4.75. The average Bonchev–Trinajstić information content (AvgIpc) is 2.33. The van der Waals surface area contributed by atoms with Crippen LogP contribution in [0.4, 0.5) is 10.1 Å². The van der Waals surface area contributed by atoms with Crippen LogP contribution >= 0.6 is 11.6 Å². The molecule has 0 atom stereocenters. The molecular formula is C14H11ClFNO3. The zero-order valence-electron chi connectivity index (χ0n) is 10.8. The molecule has 0 saturated heterocycles. The molecule has 0 amide bonds. The molecule has 0 aromatic heterocycles. The maximum absolute atomic E-state index is 13.5. The number of hydrogen-bond donors (Lipinski definition) is 0. The van der Waals surface area contributed by atoms with E-state index in [4.69, 9.17) is 16.3 Å². The number of rotatable bonds is 3. The average molecular weight is 296 g/mol. The lowest BCUT2D eigenvalue weighted by atomic mass is 10.1. The van der Waals surface area contributed by atoms with Gasteiger partial charge in [0, 0.05) is 5.02 Å². The lowest BCUT2D eigenvalue weighted by Gasteiger charge is -2.12. The number of hydrogen-bond acceptors (Lipinski definition) is 3. The predicted molar refractivity (Wildman–Crippen MR) is 74.1 cm³/mol. The Morgan fingerprint density at radius 1 is 1.25 bits per heavy atom. The molecule has 2 rings (SSSR count). The Hall–Kier alpha value is -2.14. The number of ether oxygens (including phenoxy) is 1. The zero-order valence-corrected chi connectivity index (χ0v) is 11.6. The van der Waals surface area contributed by atoms with E-state index in [1.54, 1.807) is 26.0 Å². The molecule has 0 N–H and O–H groups in total. The van der Waals surface area contributed by atoms with Gasteiger partial charge in [-0.15, -0.1) is 0 Å². The van der Waals surface area contributed by atoms with E-state index in [9.17, 15) is 14.5 Å². The van der Waals surface area contributed by atoms with Crippen molar-refractivity contribution in [3.63, 3.8) is 0 Å². The van der Waals surface area contributed by atoms with Gasteiger partial charge in [0.05, 0.1) is 4.92 Å². The van der Waals surface area contributed by atoms with Crippen molar-refractivity contribution in [2.24, 2.45) is 0 Å². The Morgan fingerprint density at radius 2 is 1.85 bits per heavy atom. The summed E-state index contributed by atoms with van der Waals surface area (Å²) >= 11 is 5.91. The van der Waals surface area contributed by atoms with Crippen molar-refractivity contribution >= 4 is 17.3 Å². The molecule has 4 nitrogen and oxygen atoms in total. The van der Waals surface area contributed by atoms with E-state index in [0.717, 1.165) is 6.07 Å². The Balaban J connectivity index is 2.51. The number of para-hydroxylation sites is 1. The minimum atomic E-state index is -0.934. The van der Waals surface area contributed by atoms with Gasteiger partial charge in [-0.3, -0.25) is 10.1 Å². The summed E-state index contributed by atoms with van der Waals surface area (Å²) in [5, 5.41) is 11.5. The van der Waals surface area contributed by atoms with Gasteiger partial charge in [0.2, 0.25) is 11.6 Å². The Morgan fingerprint density at radius 3 is 2.40 bits per heavy atom. The number of nitro groups is 1. The molecule has 0 bridgehead atoms. The van der Waals surface area contributed by atoms with Crippen molar-refractivity contribution in [1.82, 2.24) is 0 Å². The van der Waals surface area contributed by atoms with Gasteiger partial charge < -0.3 is 4.74 Å². The minimum absolute atomic E-state index is 0.136. The molecule has 20 heavy (non-hydrogen) atoms. The normalized spacial score (nSPS) is 10.4. The summed E-state index contributed by atoms with van der Waals surface area (Å²) in [4.78, 5) is 10.1. The first-order valence-corrected chi connectivity index (χ1v) is 6.15. The number of nitrogens with zero attached hydrogens (tertiary/aromatic N) is 1. The highest BCUT2D eigenvalue weighted by atomic mass is 35.5. The van der Waals surface area contributed by atoms with Crippen molar-refractivity contribution < 1.29 is 14.1 Å². The van der Waals surface area contributed by atoms with Crippen molar-refractivity contribution in [3.8, 4) is 11.5 Å². The topological polar surface area (TPSA) is 52.4 Å². The van der Waals surface area contributed by atoms with E-state index in [1.165, 1.54) is 12.1 Å². The summed E-state index contributed by atoms with van der Waals surface area (Å²) in [6, 6.07) is 7.09. The largest absolute Gasteiger partial charge is 0.449 e. The van der Waals surface area contributed by atoms with Crippen LogP contribution in [-0.4, -0.2) is 4.92 Å². The van der Waals surface area contributed by atoms with Crippen LogP contribution in [0.2, 0.25) is 5.02 Å². The lowest BCUT2D eigenvalue weighted by Crippen LogP contribution is -1.98. The van der Waals surface area contributed by atoms with Gasteiger partial charge in [-0.2, -0.15) is 4.39 Å². The summed E-state index contributed by atoms with van der Waals surface area (Å²) in [6.45, 7) is 3.53. The number of nitro benzene ring substituents is 1. The first-order chi connectivity index (χ1) is 9.40. The second kappa shape index (κ2) is 5.46. The molecule has 0 aliphatic heterocycles. The van der Waals surface area contributed by atoms with E-state index < -0.39 is 16.4 Å². The van der Waals surface area contributed by atoms with E-state index >= 15 is 0 Å². The monoisotopic (exact) mass is 295 g/mol. The molecule has 0 spiro atoms. The minimum Gasteiger partial charge on any atom is -0.449 e. The van der Waals surface area contributed by atoms with Gasteiger partial charge in [-0.05, 0) is 49.2 Å². The quantitative estimate of drug-likeness (QED) is 0.604. The smallest absolute Gasteiger partial charge is 0.346 e.